The van der Waals surface area contributed by atoms with Crippen LogP contribution in [0.3, 0.4) is 0 Å². The molecule has 6 heteroatoms. The van der Waals surface area contributed by atoms with Crippen LogP contribution < -0.4 is 14.8 Å². The molecule has 0 aliphatic rings. The van der Waals surface area contributed by atoms with E-state index in [1.807, 2.05) is 67.6 Å². The van der Waals surface area contributed by atoms with Gasteiger partial charge in [-0.25, -0.2) is 0 Å². The number of halogens is 3. The molecular formula is C23H24BrCl2NO2. The Kier molecular flexibility index (Phi) is 9.82. The molecule has 0 atom stereocenters. The Morgan fingerprint density at radius 1 is 0.897 bits per heavy atom. The quantitative estimate of drug-likeness (QED) is 0.353. The van der Waals surface area contributed by atoms with Crippen molar-refractivity contribution in [3.63, 3.8) is 0 Å². The van der Waals surface area contributed by atoms with Crippen LogP contribution in [0.1, 0.15) is 23.6 Å². The van der Waals surface area contributed by atoms with E-state index in [-0.39, 0.29) is 12.4 Å². The van der Waals surface area contributed by atoms with Crippen molar-refractivity contribution in [2.75, 3.05) is 6.61 Å². The third-order valence-electron chi connectivity index (χ3n) is 4.20. The van der Waals surface area contributed by atoms with Crippen molar-refractivity contribution in [2.24, 2.45) is 0 Å². The molecule has 154 valence electrons. The lowest BCUT2D eigenvalue weighted by molar-refractivity contribution is 0.267. The average molecular weight is 497 g/mol. The third-order valence-corrected chi connectivity index (χ3v) is 5.16. The van der Waals surface area contributed by atoms with Crippen LogP contribution in [0, 0.1) is 0 Å². The van der Waals surface area contributed by atoms with E-state index in [1.165, 1.54) is 0 Å². The Bertz CT molecular complexity index is 907. The summed E-state index contributed by atoms with van der Waals surface area (Å²) in [6.45, 7) is 4.43. The lowest BCUT2D eigenvalue weighted by Gasteiger charge is -2.16. The Hall–Kier alpha value is -1.72. The number of nitrogens with one attached hydrogen (secondary N) is 1. The van der Waals surface area contributed by atoms with Crippen molar-refractivity contribution < 1.29 is 9.47 Å². The van der Waals surface area contributed by atoms with Gasteiger partial charge in [0.25, 0.3) is 0 Å². The van der Waals surface area contributed by atoms with Crippen LogP contribution >= 0.6 is 39.9 Å². The fourth-order valence-electron chi connectivity index (χ4n) is 2.84. The molecule has 0 spiro atoms. The monoisotopic (exact) mass is 495 g/mol. The largest absolute Gasteiger partial charge is 0.490 e. The normalized spacial score (nSPS) is 10.3. The zero-order valence-corrected chi connectivity index (χ0v) is 19.3. The maximum absolute atomic E-state index is 6.22. The maximum atomic E-state index is 6.22. The van der Waals surface area contributed by atoms with Gasteiger partial charge in [-0.2, -0.15) is 0 Å². The minimum atomic E-state index is 0. The molecule has 3 rings (SSSR count). The second-order valence-electron chi connectivity index (χ2n) is 6.31. The van der Waals surface area contributed by atoms with Gasteiger partial charge in [0.05, 0.1) is 11.1 Å². The summed E-state index contributed by atoms with van der Waals surface area (Å²) >= 11 is 9.86. The highest BCUT2D eigenvalue weighted by atomic mass is 79.9. The zero-order valence-electron chi connectivity index (χ0n) is 16.2. The molecule has 3 nitrogen and oxygen atoms in total. The van der Waals surface area contributed by atoms with E-state index in [9.17, 15) is 0 Å². The second-order valence-corrected chi connectivity index (χ2v) is 7.57. The Morgan fingerprint density at radius 2 is 1.62 bits per heavy atom. The van der Waals surface area contributed by atoms with Gasteiger partial charge in [-0.05, 0) is 57.7 Å². The number of rotatable bonds is 9. The molecule has 0 amide bonds. The minimum Gasteiger partial charge on any atom is -0.490 e. The van der Waals surface area contributed by atoms with Gasteiger partial charge in [0.15, 0.2) is 11.5 Å². The van der Waals surface area contributed by atoms with Crippen molar-refractivity contribution in [1.82, 2.24) is 5.32 Å². The summed E-state index contributed by atoms with van der Waals surface area (Å²) in [4.78, 5) is 0. The van der Waals surface area contributed by atoms with Crippen LogP contribution in [-0.4, -0.2) is 6.61 Å². The molecular weight excluding hydrogens is 473 g/mol. The Balaban J connectivity index is 0.00000300. The highest BCUT2D eigenvalue weighted by molar-refractivity contribution is 9.10. The van der Waals surface area contributed by atoms with Gasteiger partial charge in [0.2, 0.25) is 0 Å². The van der Waals surface area contributed by atoms with E-state index < -0.39 is 0 Å². The summed E-state index contributed by atoms with van der Waals surface area (Å²) in [6, 6.07) is 22.0. The van der Waals surface area contributed by atoms with Crippen LogP contribution in [0.25, 0.3) is 0 Å². The molecule has 3 aromatic carbocycles. The lowest BCUT2D eigenvalue weighted by Crippen LogP contribution is -2.13. The minimum absolute atomic E-state index is 0. The van der Waals surface area contributed by atoms with Crippen molar-refractivity contribution >= 4 is 39.9 Å². The first-order chi connectivity index (χ1) is 13.7. The van der Waals surface area contributed by atoms with Crippen LogP contribution in [-0.2, 0) is 19.7 Å². The van der Waals surface area contributed by atoms with E-state index in [4.69, 9.17) is 21.1 Å². The van der Waals surface area contributed by atoms with Gasteiger partial charge in [-0.1, -0.05) is 60.1 Å². The highest BCUT2D eigenvalue weighted by Crippen LogP contribution is 2.37. The summed E-state index contributed by atoms with van der Waals surface area (Å²) in [5.41, 5.74) is 3.30. The molecule has 0 unspecified atom stereocenters. The van der Waals surface area contributed by atoms with Gasteiger partial charge in [-0.15, -0.1) is 12.4 Å². The van der Waals surface area contributed by atoms with Crippen molar-refractivity contribution in [2.45, 2.75) is 26.6 Å². The van der Waals surface area contributed by atoms with Gasteiger partial charge < -0.3 is 14.8 Å². The topological polar surface area (TPSA) is 30.5 Å². The van der Waals surface area contributed by atoms with Crippen molar-refractivity contribution in [1.29, 1.82) is 0 Å². The van der Waals surface area contributed by atoms with Gasteiger partial charge in [-0.3, -0.25) is 0 Å². The molecule has 0 fully saturated rings. The summed E-state index contributed by atoms with van der Waals surface area (Å²) in [6.07, 6.45) is 0. The summed E-state index contributed by atoms with van der Waals surface area (Å²) in [7, 11) is 0. The molecule has 0 saturated heterocycles. The Labute approximate surface area is 191 Å². The van der Waals surface area contributed by atoms with Crippen molar-refractivity contribution in [3.8, 4) is 11.5 Å². The average Bonchev–Trinajstić information content (AvgIpc) is 2.70. The number of ether oxygens (including phenoxy) is 2. The molecule has 29 heavy (non-hydrogen) atoms. The number of hydrogen-bond donors (Lipinski definition) is 1. The third kappa shape index (κ3) is 6.93. The van der Waals surface area contributed by atoms with Crippen LogP contribution in [0.2, 0.25) is 5.02 Å². The van der Waals surface area contributed by atoms with Crippen molar-refractivity contribution in [3.05, 3.63) is 92.9 Å². The summed E-state index contributed by atoms with van der Waals surface area (Å²) < 4.78 is 12.7. The smallest absolute Gasteiger partial charge is 0.175 e. The van der Waals surface area contributed by atoms with E-state index in [0.29, 0.717) is 26.3 Å². The number of benzene rings is 3. The van der Waals surface area contributed by atoms with Gasteiger partial charge in [0.1, 0.15) is 6.61 Å². The van der Waals surface area contributed by atoms with E-state index >= 15 is 0 Å². The first-order valence-electron chi connectivity index (χ1n) is 9.23. The molecule has 0 aliphatic carbocycles. The van der Waals surface area contributed by atoms with Gasteiger partial charge >= 0.3 is 0 Å². The van der Waals surface area contributed by atoms with E-state index in [1.54, 1.807) is 0 Å². The number of hydrogen-bond acceptors (Lipinski definition) is 3. The Morgan fingerprint density at radius 3 is 2.34 bits per heavy atom. The first kappa shape index (κ1) is 23.6. The molecule has 0 aliphatic heterocycles. The molecule has 0 radical (unpaired) electrons. The second kappa shape index (κ2) is 12.1. The first-order valence-corrected chi connectivity index (χ1v) is 10.4. The molecule has 0 bridgehead atoms. The maximum Gasteiger partial charge on any atom is 0.175 e. The molecule has 1 N–H and O–H groups in total. The SMILES string of the molecule is CCOc1cc(CNCc2ccccc2Cl)cc(Br)c1OCc1ccccc1.Cl. The summed E-state index contributed by atoms with van der Waals surface area (Å²) in [5, 5.41) is 4.20. The fraction of sp³-hybridized carbons (Fsp3) is 0.217. The molecule has 0 aromatic heterocycles. The molecule has 0 saturated carbocycles. The summed E-state index contributed by atoms with van der Waals surface area (Å²) in [5.74, 6) is 1.46. The lowest BCUT2D eigenvalue weighted by atomic mass is 10.1. The van der Waals surface area contributed by atoms with Crippen LogP contribution in [0.5, 0.6) is 11.5 Å². The van der Waals surface area contributed by atoms with E-state index in [2.05, 4.69) is 27.3 Å². The zero-order chi connectivity index (χ0) is 19.8. The standard InChI is InChI=1S/C23H23BrClNO2.ClH/c1-2-27-22-13-18(14-26-15-19-10-6-7-11-21(19)25)12-20(24)23(22)28-16-17-8-4-3-5-9-17;/h3-13,26H,2,14-16H2,1H3;1H. The molecule has 3 aromatic rings. The van der Waals surface area contributed by atoms with Crippen LogP contribution in [0.15, 0.2) is 71.2 Å². The predicted molar refractivity (Wildman–Crippen MR) is 125 cm³/mol. The molecule has 0 heterocycles. The van der Waals surface area contributed by atoms with Gasteiger partial charge in [0, 0.05) is 18.1 Å². The fourth-order valence-corrected chi connectivity index (χ4v) is 3.65. The predicted octanol–water partition coefficient (Wildman–Crippen LogP) is 6.79. The highest BCUT2D eigenvalue weighted by Gasteiger charge is 2.13. The van der Waals surface area contributed by atoms with E-state index in [0.717, 1.165) is 37.7 Å². The van der Waals surface area contributed by atoms with Crippen LogP contribution in [0.4, 0.5) is 0 Å².